The SMILES string of the molecule is CCCCN1CCC(=O)C1(C)C. The Kier molecular flexibility index (Phi) is 2.89. The summed E-state index contributed by atoms with van der Waals surface area (Å²) in [6, 6.07) is 0. The van der Waals surface area contributed by atoms with Crippen molar-refractivity contribution < 1.29 is 4.79 Å². The Morgan fingerprint density at radius 1 is 1.50 bits per heavy atom. The molecular formula is C10H19NO. The van der Waals surface area contributed by atoms with E-state index in [1.54, 1.807) is 0 Å². The maximum absolute atomic E-state index is 11.4. The van der Waals surface area contributed by atoms with Gasteiger partial charge in [-0.2, -0.15) is 0 Å². The minimum Gasteiger partial charge on any atom is -0.298 e. The third-order valence-corrected chi connectivity index (χ3v) is 2.86. The Morgan fingerprint density at radius 3 is 2.58 bits per heavy atom. The first-order valence-corrected chi connectivity index (χ1v) is 4.87. The summed E-state index contributed by atoms with van der Waals surface area (Å²) in [5.41, 5.74) is -0.185. The standard InChI is InChI=1S/C10H19NO/c1-4-5-7-11-8-6-9(12)10(11,2)3/h4-8H2,1-3H3. The number of unbranched alkanes of at least 4 members (excludes halogenated alkanes) is 1. The van der Waals surface area contributed by atoms with Gasteiger partial charge in [0.1, 0.15) is 0 Å². The maximum Gasteiger partial charge on any atom is 0.153 e. The molecule has 1 aliphatic heterocycles. The monoisotopic (exact) mass is 169 g/mol. The fourth-order valence-electron chi connectivity index (χ4n) is 1.74. The molecule has 0 N–H and O–H groups in total. The summed E-state index contributed by atoms with van der Waals surface area (Å²) in [5, 5.41) is 0. The minimum atomic E-state index is -0.185. The average molecular weight is 169 g/mol. The van der Waals surface area contributed by atoms with Crippen molar-refractivity contribution >= 4 is 5.78 Å². The molecule has 0 aliphatic carbocycles. The van der Waals surface area contributed by atoms with Gasteiger partial charge in [-0.3, -0.25) is 9.69 Å². The minimum absolute atomic E-state index is 0.185. The van der Waals surface area contributed by atoms with Crippen LogP contribution >= 0.6 is 0 Å². The summed E-state index contributed by atoms with van der Waals surface area (Å²) in [4.78, 5) is 13.7. The van der Waals surface area contributed by atoms with Gasteiger partial charge in [-0.25, -0.2) is 0 Å². The van der Waals surface area contributed by atoms with Crippen LogP contribution in [0.25, 0.3) is 0 Å². The van der Waals surface area contributed by atoms with E-state index in [1.165, 1.54) is 12.8 Å². The number of hydrogen-bond donors (Lipinski definition) is 0. The quantitative estimate of drug-likeness (QED) is 0.642. The number of Topliss-reactive ketones (excluding diaryl/α,β-unsaturated/α-hetero) is 1. The number of nitrogens with zero attached hydrogens (tertiary/aromatic N) is 1. The summed E-state index contributed by atoms with van der Waals surface area (Å²) < 4.78 is 0. The van der Waals surface area contributed by atoms with Crippen molar-refractivity contribution in [1.82, 2.24) is 4.90 Å². The van der Waals surface area contributed by atoms with E-state index < -0.39 is 0 Å². The zero-order chi connectivity index (χ0) is 9.19. The molecule has 0 radical (unpaired) electrons. The highest BCUT2D eigenvalue weighted by molar-refractivity contribution is 5.89. The highest BCUT2D eigenvalue weighted by Gasteiger charge is 2.38. The first kappa shape index (κ1) is 9.72. The van der Waals surface area contributed by atoms with Crippen molar-refractivity contribution in [3.63, 3.8) is 0 Å². The largest absolute Gasteiger partial charge is 0.298 e. The van der Waals surface area contributed by atoms with Gasteiger partial charge >= 0.3 is 0 Å². The molecule has 0 spiro atoms. The molecule has 2 nitrogen and oxygen atoms in total. The van der Waals surface area contributed by atoms with Crippen LogP contribution in [-0.4, -0.2) is 29.3 Å². The number of carbonyl (C=O) groups excluding carboxylic acids is 1. The average Bonchev–Trinajstić information content (AvgIpc) is 2.25. The van der Waals surface area contributed by atoms with Crippen LogP contribution in [0.4, 0.5) is 0 Å². The summed E-state index contributed by atoms with van der Waals surface area (Å²) >= 11 is 0. The Balaban J connectivity index is 2.50. The van der Waals surface area contributed by atoms with Crippen LogP contribution in [0.3, 0.4) is 0 Å². The number of hydrogen-bond acceptors (Lipinski definition) is 2. The highest BCUT2D eigenvalue weighted by atomic mass is 16.1. The predicted octanol–water partition coefficient (Wildman–Crippen LogP) is 1.84. The van der Waals surface area contributed by atoms with Gasteiger partial charge in [-0.15, -0.1) is 0 Å². The molecule has 2 heteroatoms. The molecule has 1 rings (SSSR count). The smallest absolute Gasteiger partial charge is 0.153 e. The summed E-state index contributed by atoms with van der Waals surface area (Å²) in [6.07, 6.45) is 3.16. The molecule has 0 aromatic rings. The van der Waals surface area contributed by atoms with Crippen LogP contribution in [-0.2, 0) is 4.79 Å². The fraction of sp³-hybridized carbons (Fsp3) is 0.900. The van der Waals surface area contributed by atoms with E-state index in [4.69, 9.17) is 0 Å². The third kappa shape index (κ3) is 1.69. The van der Waals surface area contributed by atoms with Gasteiger partial charge in [0.15, 0.2) is 5.78 Å². The second-order valence-corrected chi connectivity index (χ2v) is 4.07. The van der Waals surface area contributed by atoms with E-state index in [2.05, 4.69) is 11.8 Å². The van der Waals surface area contributed by atoms with Gasteiger partial charge in [0.2, 0.25) is 0 Å². The summed E-state index contributed by atoms with van der Waals surface area (Å²) in [6.45, 7) is 8.31. The Morgan fingerprint density at radius 2 is 2.17 bits per heavy atom. The van der Waals surface area contributed by atoms with Gasteiger partial charge in [0.25, 0.3) is 0 Å². The molecule has 12 heavy (non-hydrogen) atoms. The molecule has 0 saturated carbocycles. The van der Waals surface area contributed by atoms with Crippen molar-refractivity contribution in [2.75, 3.05) is 13.1 Å². The van der Waals surface area contributed by atoms with Gasteiger partial charge in [-0.1, -0.05) is 13.3 Å². The fourth-order valence-corrected chi connectivity index (χ4v) is 1.74. The lowest BCUT2D eigenvalue weighted by Gasteiger charge is -2.29. The molecule has 0 aromatic carbocycles. The zero-order valence-electron chi connectivity index (χ0n) is 8.39. The predicted molar refractivity (Wildman–Crippen MR) is 50.2 cm³/mol. The molecule has 1 aliphatic rings. The van der Waals surface area contributed by atoms with Gasteiger partial charge < -0.3 is 0 Å². The van der Waals surface area contributed by atoms with Crippen molar-refractivity contribution in [2.45, 2.75) is 45.6 Å². The van der Waals surface area contributed by atoms with Crippen molar-refractivity contribution in [3.05, 3.63) is 0 Å². The van der Waals surface area contributed by atoms with Crippen LogP contribution in [0.5, 0.6) is 0 Å². The van der Waals surface area contributed by atoms with Crippen LogP contribution in [0.1, 0.15) is 40.0 Å². The van der Waals surface area contributed by atoms with Crippen molar-refractivity contribution in [2.24, 2.45) is 0 Å². The second kappa shape index (κ2) is 3.56. The van der Waals surface area contributed by atoms with E-state index in [-0.39, 0.29) is 5.54 Å². The Bertz CT molecular complexity index is 175. The first-order chi connectivity index (χ1) is 5.59. The first-order valence-electron chi connectivity index (χ1n) is 4.87. The molecular weight excluding hydrogens is 150 g/mol. The lowest BCUT2D eigenvalue weighted by Crippen LogP contribution is -2.43. The number of likely N-dealkylation sites (tertiary alicyclic amines) is 1. The number of ketones is 1. The lowest BCUT2D eigenvalue weighted by molar-refractivity contribution is -0.123. The van der Waals surface area contributed by atoms with Crippen LogP contribution < -0.4 is 0 Å². The molecule has 70 valence electrons. The molecule has 0 bridgehead atoms. The van der Waals surface area contributed by atoms with Crippen LogP contribution in [0.15, 0.2) is 0 Å². The van der Waals surface area contributed by atoms with Crippen molar-refractivity contribution in [1.29, 1.82) is 0 Å². The van der Waals surface area contributed by atoms with E-state index in [0.29, 0.717) is 5.78 Å². The Hall–Kier alpha value is -0.370. The zero-order valence-corrected chi connectivity index (χ0v) is 8.39. The van der Waals surface area contributed by atoms with E-state index in [9.17, 15) is 4.79 Å². The molecule has 0 amide bonds. The van der Waals surface area contributed by atoms with Crippen LogP contribution in [0.2, 0.25) is 0 Å². The topological polar surface area (TPSA) is 20.3 Å². The van der Waals surface area contributed by atoms with E-state index >= 15 is 0 Å². The third-order valence-electron chi connectivity index (χ3n) is 2.86. The summed E-state index contributed by atoms with van der Waals surface area (Å²) in [5.74, 6) is 0.401. The highest BCUT2D eigenvalue weighted by Crippen LogP contribution is 2.24. The van der Waals surface area contributed by atoms with E-state index in [0.717, 1.165) is 19.5 Å². The molecule has 0 atom stereocenters. The van der Waals surface area contributed by atoms with Crippen LogP contribution in [0, 0.1) is 0 Å². The molecule has 0 unspecified atom stereocenters. The molecule has 1 saturated heterocycles. The molecule has 1 heterocycles. The van der Waals surface area contributed by atoms with Gasteiger partial charge in [0.05, 0.1) is 5.54 Å². The number of rotatable bonds is 3. The summed E-state index contributed by atoms with van der Waals surface area (Å²) in [7, 11) is 0. The van der Waals surface area contributed by atoms with Crippen molar-refractivity contribution in [3.8, 4) is 0 Å². The second-order valence-electron chi connectivity index (χ2n) is 4.07. The normalized spacial score (nSPS) is 23.4. The molecule has 0 aromatic heterocycles. The maximum atomic E-state index is 11.4. The lowest BCUT2D eigenvalue weighted by atomic mass is 10.0. The molecule has 1 fully saturated rings. The number of carbonyl (C=O) groups is 1. The Labute approximate surface area is 74.9 Å². The van der Waals surface area contributed by atoms with Gasteiger partial charge in [-0.05, 0) is 26.8 Å². The van der Waals surface area contributed by atoms with E-state index in [1.807, 2.05) is 13.8 Å². The van der Waals surface area contributed by atoms with Gasteiger partial charge in [0, 0.05) is 13.0 Å².